The molecule has 0 bridgehead atoms. The highest BCUT2D eigenvalue weighted by molar-refractivity contribution is 5.89. The van der Waals surface area contributed by atoms with Gasteiger partial charge in [0.15, 0.2) is 0 Å². The van der Waals surface area contributed by atoms with Gasteiger partial charge in [-0.3, -0.25) is 0 Å². The van der Waals surface area contributed by atoms with Crippen molar-refractivity contribution in [1.82, 2.24) is 10.1 Å². The molecular weight excluding hydrogens is 430 g/mol. The first-order chi connectivity index (χ1) is 15.8. The van der Waals surface area contributed by atoms with Crippen molar-refractivity contribution in [2.75, 3.05) is 7.11 Å². The number of methoxy groups -OCH3 is 1. The van der Waals surface area contributed by atoms with Crippen LogP contribution in [-0.4, -0.2) is 28.3 Å². The maximum atomic E-state index is 14.6. The number of carboxylic acids is 1. The Labute approximate surface area is 188 Å². The zero-order valence-corrected chi connectivity index (χ0v) is 18.1. The summed E-state index contributed by atoms with van der Waals surface area (Å²) in [6.07, 6.45) is 0. The Morgan fingerprint density at radius 3 is 2.55 bits per heavy atom. The van der Waals surface area contributed by atoms with E-state index in [1.165, 1.54) is 6.92 Å². The molecule has 0 aliphatic rings. The van der Waals surface area contributed by atoms with Crippen molar-refractivity contribution in [2.24, 2.45) is 0 Å². The van der Waals surface area contributed by atoms with Crippen LogP contribution in [0.1, 0.15) is 27.0 Å². The second kappa shape index (κ2) is 8.91. The number of carboxylic acid groups (broad SMARTS) is 1. The summed E-state index contributed by atoms with van der Waals surface area (Å²) in [4.78, 5) is 15.4. The van der Waals surface area contributed by atoms with Crippen LogP contribution < -0.4 is 0 Å². The highest BCUT2D eigenvalue weighted by Gasteiger charge is 2.24. The van der Waals surface area contributed by atoms with Gasteiger partial charge in [0.1, 0.15) is 11.6 Å². The van der Waals surface area contributed by atoms with E-state index < -0.39 is 23.2 Å². The van der Waals surface area contributed by atoms with Crippen molar-refractivity contribution in [3.05, 3.63) is 82.4 Å². The normalized spacial score (nSPS) is 11.1. The van der Waals surface area contributed by atoms with E-state index in [1.807, 2.05) is 43.3 Å². The van der Waals surface area contributed by atoms with Gasteiger partial charge in [-0.1, -0.05) is 35.5 Å². The van der Waals surface area contributed by atoms with Crippen LogP contribution in [0.15, 0.2) is 53.1 Å². The smallest absolute Gasteiger partial charge is 0.338 e. The van der Waals surface area contributed by atoms with E-state index in [9.17, 15) is 13.6 Å². The summed E-state index contributed by atoms with van der Waals surface area (Å²) < 4.78 is 39.8. The number of ether oxygens (including phenoxy) is 1. The first-order valence-electron chi connectivity index (χ1n) is 10.1. The van der Waals surface area contributed by atoms with E-state index in [0.29, 0.717) is 18.2 Å². The molecule has 3 aromatic carbocycles. The summed E-state index contributed by atoms with van der Waals surface area (Å²) >= 11 is 0. The lowest BCUT2D eigenvalue weighted by atomic mass is 9.94. The predicted octanol–water partition coefficient (Wildman–Crippen LogP) is 5.81. The van der Waals surface area contributed by atoms with Gasteiger partial charge in [-0.2, -0.15) is 4.98 Å². The molecule has 0 amide bonds. The third-order valence-corrected chi connectivity index (χ3v) is 5.42. The molecule has 8 heteroatoms. The van der Waals surface area contributed by atoms with Crippen molar-refractivity contribution >= 4 is 5.97 Å². The number of carbonyl (C=O) groups is 1. The van der Waals surface area contributed by atoms with Gasteiger partial charge < -0.3 is 14.4 Å². The number of halogens is 2. The number of aryl methyl sites for hydroxylation is 1. The van der Waals surface area contributed by atoms with Crippen molar-refractivity contribution < 1.29 is 27.9 Å². The van der Waals surface area contributed by atoms with Crippen LogP contribution in [0, 0.1) is 25.5 Å². The summed E-state index contributed by atoms with van der Waals surface area (Å²) in [6, 6.07) is 14.2. The van der Waals surface area contributed by atoms with Gasteiger partial charge >= 0.3 is 5.97 Å². The van der Waals surface area contributed by atoms with Crippen molar-refractivity contribution in [3.8, 4) is 34.0 Å². The molecule has 1 heterocycles. The molecule has 0 spiro atoms. The highest BCUT2D eigenvalue weighted by atomic mass is 19.1. The van der Waals surface area contributed by atoms with Gasteiger partial charge in [0.05, 0.1) is 17.7 Å². The quantitative estimate of drug-likeness (QED) is 0.399. The highest BCUT2D eigenvalue weighted by Crippen LogP contribution is 2.33. The van der Waals surface area contributed by atoms with Gasteiger partial charge in [-0.15, -0.1) is 0 Å². The van der Waals surface area contributed by atoms with Crippen LogP contribution >= 0.6 is 0 Å². The van der Waals surface area contributed by atoms with Crippen LogP contribution in [-0.2, 0) is 11.3 Å². The molecule has 0 fully saturated rings. The van der Waals surface area contributed by atoms with E-state index in [-0.39, 0.29) is 22.8 Å². The Morgan fingerprint density at radius 2 is 1.85 bits per heavy atom. The second-order valence-corrected chi connectivity index (χ2v) is 7.57. The summed E-state index contributed by atoms with van der Waals surface area (Å²) in [5.74, 6) is -3.62. The number of nitrogens with zero attached hydrogens (tertiary/aromatic N) is 2. The molecule has 6 nitrogen and oxygen atoms in total. The van der Waals surface area contributed by atoms with Crippen molar-refractivity contribution in [1.29, 1.82) is 0 Å². The molecule has 33 heavy (non-hydrogen) atoms. The minimum absolute atomic E-state index is 0.111. The molecular formula is C25H20F2N2O4. The molecule has 0 aliphatic carbocycles. The molecule has 168 valence electrons. The van der Waals surface area contributed by atoms with Gasteiger partial charge in [0, 0.05) is 12.7 Å². The molecule has 1 aromatic heterocycles. The van der Waals surface area contributed by atoms with E-state index in [2.05, 4.69) is 10.1 Å². The number of aromatic carboxylic acids is 1. The SMILES string of the molecule is COCc1cc(-c2nc(-c3c(F)cc(C(=O)O)c(F)c3C)no2)ccc1-c1ccccc1C. The lowest BCUT2D eigenvalue weighted by Gasteiger charge is -2.12. The number of hydrogen-bond donors (Lipinski definition) is 1. The van der Waals surface area contributed by atoms with Crippen molar-refractivity contribution in [3.63, 3.8) is 0 Å². The Bertz CT molecular complexity index is 1360. The van der Waals surface area contributed by atoms with Gasteiger partial charge in [0.2, 0.25) is 5.82 Å². The number of benzene rings is 3. The molecule has 0 atom stereocenters. The molecule has 0 saturated carbocycles. The molecule has 4 rings (SSSR count). The van der Waals surface area contributed by atoms with Gasteiger partial charge in [-0.25, -0.2) is 13.6 Å². The number of rotatable bonds is 6. The molecule has 0 saturated heterocycles. The van der Waals surface area contributed by atoms with Crippen molar-refractivity contribution in [2.45, 2.75) is 20.5 Å². The lowest BCUT2D eigenvalue weighted by molar-refractivity contribution is 0.0691. The monoisotopic (exact) mass is 450 g/mol. The fourth-order valence-electron chi connectivity index (χ4n) is 3.77. The predicted molar refractivity (Wildman–Crippen MR) is 118 cm³/mol. The first kappa shape index (κ1) is 22.3. The zero-order chi connectivity index (χ0) is 23.7. The van der Waals surface area contributed by atoms with E-state index in [1.54, 1.807) is 13.2 Å². The third-order valence-electron chi connectivity index (χ3n) is 5.42. The minimum Gasteiger partial charge on any atom is -0.478 e. The minimum atomic E-state index is -1.56. The third kappa shape index (κ3) is 4.12. The van der Waals surface area contributed by atoms with E-state index in [4.69, 9.17) is 14.4 Å². The standard InChI is InChI=1S/C25H20F2N2O4/c1-13-6-4-5-7-17(13)18-9-8-15(10-16(18)12-32-3)24-28-23(29-33-24)21-14(2)22(27)19(25(30)31)11-20(21)26/h4-11H,12H2,1-3H3,(H,30,31). The molecule has 0 radical (unpaired) electrons. The number of aromatic nitrogens is 2. The average Bonchev–Trinajstić information content (AvgIpc) is 3.27. The van der Waals surface area contributed by atoms with Gasteiger partial charge in [0.25, 0.3) is 5.89 Å². The summed E-state index contributed by atoms with van der Waals surface area (Å²) in [6.45, 7) is 3.63. The van der Waals surface area contributed by atoms with Crippen LogP contribution in [0.4, 0.5) is 8.78 Å². The average molecular weight is 450 g/mol. The van der Waals surface area contributed by atoms with E-state index >= 15 is 0 Å². The topological polar surface area (TPSA) is 85.5 Å². The Morgan fingerprint density at radius 1 is 1.09 bits per heavy atom. The molecule has 0 unspecified atom stereocenters. The zero-order valence-electron chi connectivity index (χ0n) is 18.1. The summed E-state index contributed by atoms with van der Waals surface area (Å²) in [5, 5.41) is 12.9. The van der Waals surface area contributed by atoms with Gasteiger partial charge in [-0.05, 0) is 59.9 Å². The summed E-state index contributed by atoms with van der Waals surface area (Å²) in [7, 11) is 1.60. The molecule has 4 aromatic rings. The van der Waals surface area contributed by atoms with E-state index in [0.717, 1.165) is 22.3 Å². The van der Waals surface area contributed by atoms with Crippen LogP contribution in [0.2, 0.25) is 0 Å². The van der Waals surface area contributed by atoms with Crippen LogP contribution in [0.25, 0.3) is 34.0 Å². The maximum absolute atomic E-state index is 14.6. The Kier molecular flexibility index (Phi) is 6.02. The maximum Gasteiger partial charge on any atom is 0.338 e. The Hall–Kier alpha value is -3.91. The molecule has 1 N–H and O–H groups in total. The largest absolute Gasteiger partial charge is 0.478 e. The Balaban J connectivity index is 1.77. The summed E-state index contributed by atoms with van der Waals surface area (Å²) in [5.41, 5.74) is 3.42. The fraction of sp³-hybridized carbons (Fsp3) is 0.160. The first-order valence-corrected chi connectivity index (χ1v) is 10.1. The lowest BCUT2D eigenvalue weighted by Crippen LogP contribution is -2.06. The molecule has 0 aliphatic heterocycles. The van der Waals surface area contributed by atoms with Crippen LogP contribution in [0.3, 0.4) is 0 Å². The fourth-order valence-corrected chi connectivity index (χ4v) is 3.77. The second-order valence-electron chi connectivity index (χ2n) is 7.57. The number of hydrogen-bond acceptors (Lipinski definition) is 5. The van der Waals surface area contributed by atoms with Crippen LogP contribution in [0.5, 0.6) is 0 Å².